The summed E-state index contributed by atoms with van der Waals surface area (Å²) in [4.78, 5) is 22.4. The van der Waals surface area contributed by atoms with E-state index in [0.29, 0.717) is 38.9 Å². The second kappa shape index (κ2) is 5.56. The number of ether oxygens (including phenoxy) is 2. The Labute approximate surface area is 107 Å². The normalized spacial score (nSPS) is 19.2. The van der Waals surface area contributed by atoms with Crippen molar-refractivity contribution in [3.05, 3.63) is 0 Å². The number of hydrogen-bond acceptors (Lipinski definition) is 4. The molecule has 6 heteroatoms. The first-order valence-corrected chi connectivity index (χ1v) is 6.14. The van der Waals surface area contributed by atoms with Gasteiger partial charge < -0.3 is 20.9 Å². The van der Waals surface area contributed by atoms with Gasteiger partial charge in [0.25, 0.3) is 0 Å². The summed E-state index contributed by atoms with van der Waals surface area (Å²) in [7, 11) is 0. The van der Waals surface area contributed by atoms with Gasteiger partial charge >= 0.3 is 6.09 Å². The van der Waals surface area contributed by atoms with Gasteiger partial charge in [0, 0.05) is 13.2 Å². The molecule has 1 aliphatic heterocycles. The molecule has 1 saturated heterocycles. The molecular weight excluding hydrogens is 236 g/mol. The lowest BCUT2D eigenvalue weighted by Crippen LogP contribution is -2.43. The van der Waals surface area contributed by atoms with Crippen molar-refractivity contribution in [2.24, 2.45) is 16.9 Å². The summed E-state index contributed by atoms with van der Waals surface area (Å²) in [5.41, 5.74) is 9.28. The van der Waals surface area contributed by atoms with Crippen LogP contribution >= 0.6 is 0 Å². The smallest absolute Gasteiger partial charge is 0.405 e. The van der Waals surface area contributed by atoms with E-state index in [0.717, 1.165) is 0 Å². The van der Waals surface area contributed by atoms with Crippen LogP contribution in [0, 0.1) is 5.41 Å². The molecule has 1 rings (SSSR count). The molecule has 0 bridgehead atoms. The van der Waals surface area contributed by atoms with Crippen molar-refractivity contribution in [3.8, 4) is 0 Å². The number of carbonyl (C=O) groups is 2. The van der Waals surface area contributed by atoms with E-state index in [1.165, 1.54) is 0 Å². The minimum atomic E-state index is -0.805. The summed E-state index contributed by atoms with van der Waals surface area (Å²) in [5, 5.41) is 0. The Morgan fingerprint density at radius 1 is 1.28 bits per heavy atom. The molecule has 1 aliphatic rings. The van der Waals surface area contributed by atoms with Gasteiger partial charge in [-0.1, -0.05) is 0 Å². The summed E-state index contributed by atoms with van der Waals surface area (Å²) in [6.07, 6.45) is 1.55. The Hall–Kier alpha value is -1.30. The van der Waals surface area contributed by atoms with E-state index < -0.39 is 17.1 Å². The fourth-order valence-corrected chi connectivity index (χ4v) is 2.25. The van der Waals surface area contributed by atoms with Crippen LogP contribution in [0.15, 0.2) is 0 Å². The third-order valence-corrected chi connectivity index (χ3v) is 3.56. The fraction of sp³-hybridized carbons (Fsp3) is 0.833. The van der Waals surface area contributed by atoms with Crippen LogP contribution in [0.4, 0.5) is 4.79 Å². The molecule has 0 aromatic rings. The van der Waals surface area contributed by atoms with E-state index >= 15 is 0 Å². The molecular formula is C12H22N2O4. The predicted molar refractivity (Wildman–Crippen MR) is 65.7 cm³/mol. The SMILES string of the molecule is CC(C)(CCC1(C(N)=O)CCOCC1)OC(N)=O. The first-order valence-electron chi connectivity index (χ1n) is 6.14. The number of rotatable bonds is 5. The second-order valence-corrected chi connectivity index (χ2v) is 5.44. The lowest BCUT2D eigenvalue weighted by Gasteiger charge is -2.36. The highest BCUT2D eigenvalue weighted by Gasteiger charge is 2.40. The number of amides is 2. The van der Waals surface area contributed by atoms with Gasteiger partial charge in [0.15, 0.2) is 0 Å². The quantitative estimate of drug-likeness (QED) is 0.765. The molecule has 0 aromatic heterocycles. The van der Waals surface area contributed by atoms with Gasteiger partial charge in [-0.15, -0.1) is 0 Å². The summed E-state index contributed by atoms with van der Waals surface area (Å²) >= 11 is 0. The van der Waals surface area contributed by atoms with Crippen molar-refractivity contribution in [1.82, 2.24) is 0 Å². The minimum absolute atomic E-state index is 0.305. The van der Waals surface area contributed by atoms with Gasteiger partial charge in [0.2, 0.25) is 5.91 Å². The lowest BCUT2D eigenvalue weighted by atomic mass is 9.74. The van der Waals surface area contributed by atoms with Crippen LogP contribution in [0.2, 0.25) is 0 Å². The minimum Gasteiger partial charge on any atom is -0.444 e. The first kappa shape index (κ1) is 14.8. The molecule has 18 heavy (non-hydrogen) atoms. The second-order valence-electron chi connectivity index (χ2n) is 5.44. The predicted octanol–water partition coefficient (Wildman–Crippen LogP) is 0.923. The average molecular weight is 258 g/mol. The largest absolute Gasteiger partial charge is 0.444 e. The Balaban J connectivity index is 2.62. The van der Waals surface area contributed by atoms with E-state index in [4.69, 9.17) is 20.9 Å². The van der Waals surface area contributed by atoms with Gasteiger partial charge in [-0.05, 0) is 39.5 Å². The third kappa shape index (κ3) is 3.87. The van der Waals surface area contributed by atoms with Crippen LogP contribution in [0.1, 0.15) is 39.5 Å². The van der Waals surface area contributed by atoms with E-state index in [1.54, 1.807) is 13.8 Å². The lowest BCUT2D eigenvalue weighted by molar-refractivity contribution is -0.134. The zero-order chi connectivity index (χ0) is 13.8. The maximum Gasteiger partial charge on any atom is 0.405 e. The topological polar surface area (TPSA) is 105 Å². The zero-order valence-electron chi connectivity index (χ0n) is 11.0. The van der Waals surface area contributed by atoms with Crippen molar-refractivity contribution >= 4 is 12.0 Å². The Morgan fingerprint density at radius 2 is 1.83 bits per heavy atom. The van der Waals surface area contributed by atoms with Crippen LogP contribution in [0.3, 0.4) is 0 Å². The highest BCUT2D eigenvalue weighted by molar-refractivity contribution is 5.80. The van der Waals surface area contributed by atoms with Crippen molar-refractivity contribution < 1.29 is 19.1 Å². The third-order valence-electron chi connectivity index (χ3n) is 3.56. The summed E-state index contributed by atoms with van der Waals surface area (Å²) in [6.45, 7) is 4.62. The molecule has 0 radical (unpaired) electrons. The van der Waals surface area contributed by atoms with E-state index in [1.807, 2.05) is 0 Å². The van der Waals surface area contributed by atoms with Crippen LogP contribution in [-0.2, 0) is 14.3 Å². The van der Waals surface area contributed by atoms with Crippen molar-refractivity contribution in [2.45, 2.75) is 45.1 Å². The van der Waals surface area contributed by atoms with E-state index in [-0.39, 0.29) is 5.91 Å². The number of hydrogen-bond donors (Lipinski definition) is 2. The average Bonchev–Trinajstić information content (AvgIpc) is 2.26. The first-order chi connectivity index (χ1) is 8.27. The molecule has 0 aromatic carbocycles. The molecule has 0 saturated carbocycles. The van der Waals surface area contributed by atoms with Gasteiger partial charge in [-0.3, -0.25) is 4.79 Å². The summed E-state index contributed by atoms with van der Waals surface area (Å²) in [5.74, 6) is -0.305. The Bertz CT molecular complexity index is 322. The Morgan fingerprint density at radius 3 is 2.28 bits per heavy atom. The van der Waals surface area contributed by atoms with Gasteiger partial charge in [0.05, 0.1) is 5.41 Å². The molecule has 0 spiro atoms. The number of primary amides is 2. The molecule has 0 aliphatic carbocycles. The molecule has 2 amide bonds. The molecule has 1 heterocycles. The fourth-order valence-electron chi connectivity index (χ4n) is 2.25. The Kier molecular flexibility index (Phi) is 4.56. The van der Waals surface area contributed by atoms with Gasteiger partial charge in [-0.25, -0.2) is 4.79 Å². The standard InChI is InChI=1S/C12H22N2O4/c1-11(2,18-10(14)16)3-4-12(9(13)15)5-7-17-8-6-12/h3-8H2,1-2H3,(H2,13,15)(H2,14,16). The van der Waals surface area contributed by atoms with Gasteiger partial charge in [0.1, 0.15) is 5.60 Å². The van der Waals surface area contributed by atoms with Crippen molar-refractivity contribution in [3.63, 3.8) is 0 Å². The summed E-state index contributed by atoms with van der Waals surface area (Å²) < 4.78 is 10.3. The molecule has 4 N–H and O–H groups in total. The molecule has 1 fully saturated rings. The molecule has 0 unspecified atom stereocenters. The van der Waals surface area contributed by atoms with Crippen LogP contribution in [-0.4, -0.2) is 30.8 Å². The molecule has 0 atom stereocenters. The van der Waals surface area contributed by atoms with Crippen LogP contribution < -0.4 is 11.5 Å². The number of carbonyl (C=O) groups excluding carboxylic acids is 2. The van der Waals surface area contributed by atoms with Crippen molar-refractivity contribution in [2.75, 3.05) is 13.2 Å². The highest BCUT2D eigenvalue weighted by atomic mass is 16.6. The number of nitrogens with two attached hydrogens (primary N) is 2. The van der Waals surface area contributed by atoms with Gasteiger partial charge in [-0.2, -0.15) is 0 Å². The maximum atomic E-state index is 11.6. The van der Waals surface area contributed by atoms with E-state index in [2.05, 4.69) is 0 Å². The zero-order valence-corrected chi connectivity index (χ0v) is 11.0. The summed E-state index contributed by atoms with van der Waals surface area (Å²) in [6, 6.07) is 0. The van der Waals surface area contributed by atoms with E-state index in [9.17, 15) is 9.59 Å². The van der Waals surface area contributed by atoms with Crippen LogP contribution in [0.25, 0.3) is 0 Å². The molecule has 104 valence electrons. The van der Waals surface area contributed by atoms with Crippen LogP contribution in [0.5, 0.6) is 0 Å². The molecule has 6 nitrogen and oxygen atoms in total. The van der Waals surface area contributed by atoms with Crippen molar-refractivity contribution in [1.29, 1.82) is 0 Å². The monoisotopic (exact) mass is 258 g/mol. The highest BCUT2D eigenvalue weighted by Crippen LogP contribution is 2.37. The maximum absolute atomic E-state index is 11.6.